The minimum atomic E-state index is -4.60. The Hall–Kier alpha value is -2.75. The summed E-state index contributed by atoms with van der Waals surface area (Å²) in [5.41, 5.74) is -0.412. The number of alkyl halides is 3. The molecule has 1 saturated heterocycles. The van der Waals surface area contributed by atoms with Crippen LogP contribution in [0.3, 0.4) is 0 Å². The molecule has 1 N–H and O–H groups in total. The molecule has 1 heterocycles. The van der Waals surface area contributed by atoms with Gasteiger partial charge in [0.1, 0.15) is 11.6 Å². The van der Waals surface area contributed by atoms with Gasteiger partial charge in [0.25, 0.3) is 11.8 Å². The molecule has 5 rings (SSSR count). The van der Waals surface area contributed by atoms with Crippen molar-refractivity contribution in [3.63, 3.8) is 0 Å². The number of carbonyl (C=O) groups excluding carboxylic acids is 2. The number of amides is 2. The highest BCUT2D eigenvalue weighted by molar-refractivity contribution is 7.98. The summed E-state index contributed by atoms with van der Waals surface area (Å²) in [7, 11) is 0. The number of hydrogen-bond acceptors (Lipinski definition) is 4. The predicted octanol–water partition coefficient (Wildman–Crippen LogP) is 8.25. The first-order chi connectivity index (χ1) is 19.7. The number of halogens is 4. The second-order valence-electron chi connectivity index (χ2n) is 9.98. The molecule has 3 fully saturated rings. The van der Waals surface area contributed by atoms with Gasteiger partial charge in [-0.25, -0.2) is 4.39 Å². The standard InChI is InChI=1S/C27H28F4N2O3S.2C2H6/c28-23-14-24(20(17-5-6-17)13-21(23)25(34)32-37-18-7-8-18)36-15-16-9-11-33(12-10-16)26(35)19-3-1-2-4-22(19)27(29,30)31;2*1-2/h1-4,13-14,16-18H,5-12,15H2,(H,32,34);2*1-2H3. The largest absolute Gasteiger partial charge is 0.493 e. The maximum Gasteiger partial charge on any atom is 0.417 e. The lowest BCUT2D eigenvalue weighted by Crippen LogP contribution is -2.40. The van der Waals surface area contributed by atoms with Crippen LogP contribution in [0.2, 0.25) is 0 Å². The Morgan fingerprint density at radius 1 is 0.951 bits per heavy atom. The van der Waals surface area contributed by atoms with E-state index in [-0.39, 0.29) is 23.0 Å². The monoisotopic (exact) mass is 596 g/mol. The minimum Gasteiger partial charge on any atom is -0.493 e. The molecule has 1 aliphatic heterocycles. The third-order valence-corrected chi connectivity index (χ3v) is 8.15. The van der Waals surface area contributed by atoms with Crippen LogP contribution in [0.15, 0.2) is 36.4 Å². The van der Waals surface area contributed by atoms with Crippen LogP contribution in [0.4, 0.5) is 17.6 Å². The summed E-state index contributed by atoms with van der Waals surface area (Å²) in [6, 6.07) is 7.73. The molecule has 3 aliphatic rings. The highest BCUT2D eigenvalue weighted by Crippen LogP contribution is 2.45. The molecule has 0 aromatic heterocycles. The summed E-state index contributed by atoms with van der Waals surface area (Å²) >= 11 is 1.34. The van der Waals surface area contributed by atoms with Crippen LogP contribution in [0.25, 0.3) is 0 Å². The van der Waals surface area contributed by atoms with Gasteiger partial charge in [-0.05, 0) is 86.1 Å². The van der Waals surface area contributed by atoms with Crippen LogP contribution in [0.5, 0.6) is 5.75 Å². The molecule has 41 heavy (non-hydrogen) atoms. The number of nitrogens with one attached hydrogen (secondary N) is 1. The van der Waals surface area contributed by atoms with E-state index in [1.807, 2.05) is 27.7 Å². The number of piperidine rings is 1. The van der Waals surface area contributed by atoms with Crippen molar-refractivity contribution in [1.82, 2.24) is 9.62 Å². The maximum atomic E-state index is 14.8. The van der Waals surface area contributed by atoms with Gasteiger partial charge in [0.15, 0.2) is 0 Å². The van der Waals surface area contributed by atoms with Gasteiger partial charge in [-0.15, -0.1) is 0 Å². The lowest BCUT2D eigenvalue weighted by atomic mass is 9.96. The molecule has 0 atom stereocenters. The van der Waals surface area contributed by atoms with Crippen molar-refractivity contribution in [2.45, 2.75) is 83.6 Å². The summed E-state index contributed by atoms with van der Waals surface area (Å²) in [4.78, 5) is 26.7. The number of carbonyl (C=O) groups is 2. The van der Waals surface area contributed by atoms with Crippen molar-refractivity contribution in [3.05, 3.63) is 64.5 Å². The minimum absolute atomic E-state index is 0.0216. The molecule has 2 aromatic carbocycles. The Morgan fingerprint density at radius 2 is 1.59 bits per heavy atom. The van der Waals surface area contributed by atoms with Crippen molar-refractivity contribution in [1.29, 1.82) is 0 Å². The lowest BCUT2D eigenvalue weighted by molar-refractivity contribution is -0.138. The second-order valence-corrected chi connectivity index (χ2v) is 11.1. The second kappa shape index (κ2) is 14.9. The van der Waals surface area contributed by atoms with E-state index in [9.17, 15) is 27.2 Å². The molecule has 0 bridgehead atoms. The van der Waals surface area contributed by atoms with Gasteiger partial charge in [0.2, 0.25) is 0 Å². The van der Waals surface area contributed by atoms with Crippen LogP contribution in [0.1, 0.15) is 104 Å². The van der Waals surface area contributed by atoms with E-state index in [2.05, 4.69) is 4.72 Å². The molecule has 0 radical (unpaired) electrons. The Balaban J connectivity index is 0.00000111. The molecule has 2 amide bonds. The average Bonchev–Trinajstić information content (AvgIpc) is 3.91. The Kier molecular flexibility index (Phi) is 11.9. The van der Waals surface area contributed by atoms with Crippen molar-refractivity contribution in [2.75, 3.05) is 19.7 Å². The average molecular weight is 597 g/mol. The molecular formula is C31H40F4N2O3S. The predicted molar refractivity (Wildman–Crippen MR) is 155 cm³/mol. The number of likely N-dealkylation sites (tertiary alicyclic amines) is 1. The first-order valence-corrected chi connectivity index (χ1v) is 15.5. The van der Waals surface area contributed by atoms with E-state index in [4.69, 9.17) is 4.74 Å². The smallest absolute Gasteiger partial charge is 0.417 e. The molecule has 2 saturated carbocycles. The zero-order valence-electron chi connectivity index (χ0n) is 24.2. The van der Waals surface area contributed by atoms with Gasteiger partial charge in [0, 0.05) is 24.4 Å². The summed E-state index contributed by atoms with van der Waals surface area (Å²) in [6.07, 6.45) is 0.571. The van der Waals surface area contributed by atoms with Gasteiger partial charge in [-0.3, -0.25) is 14.3 Å². The number of hydrogen-bond donors (Lipinski definition) is 1. The van der Waals surface area contributed by atoms with Crippen LogP contribution >= 0.6 is 11.9 Å². The normalized spacial score (nSPS) is 17.0. The van der Waals surface area contributed by atoms with E-state index in [0.29, 0.717) is 43.5 Å². The zero-order chi connectivity index (χ0) is 30.2. The van der Waals surface area contributed by atoms with E-state index in [1.54, 1.807) is 6.07 Å². The van der Waals surface area contributed by atoms with Gasteiger partial charge >= 0.3 is 6.18 Å². The Morgan fingerprint density at radius 3 is 2.17 bits per heavy atom. The van der Waals surface area contributed by atoms with Gasteiger partial charge in [0.05, 0.1) is 23.3 Å². The molecule has 226 valence electrons. The van der Waals surface area contributed by atoms with Gasteiger partial charge < -0.3 is 9.64 Å². The Bertz CT molecular complexity index is 1170. The number of ether oxygens (including phenoxy) is 1. The molecule has 0 spiro atoms. The fraction of sp³-hybridized carbons (Fsp3) is 0.548. The fourth-order valence-corrected chi connectivity index (χ4v) is 5.31. The van der Waals surface area contributed by atoms with Crippen molar-refractivity contribution >= 4 is 23.8 Å². The van der Waals surface area contributed by atoms with Crippen molar-refractivity contribution in [3.8, 4) is 5.75 Å². The quantitative estimate of drug-likeness (QED) is 0.246. The molecule has 2 aromatic rings. The molecule has 5 nitrogen and oxygen atoms in total. The van der Waals surface area contributed by atoms with E-state index in [0.717, 1.165) is 37.3 Å². The molecular weight excluding hydrogens is 556 g/mol. The molecule has 0 unspecified atom stereocenters. The van der Waals surface area contributed by atoms with Gasteiger partial charge in [-0.2, -0.15) is 13.2 Å². The summed E-state index contributed by atoms with van der Waals surface area (Å²) < 4.78 is 63.5. The number of benzene rings is 2. The highest BCUT2D eigenvalue weighted by atomic mass is 32.2. The van der Waals surface area contributed by atoms with Crippen LogP contribution in [-0.2, 0) is 6.18 Å². The lowest BCUT2D eigenvalue weighted by Gasteiger charge is -2.32. The van der Waals surface area contributed by atoms with E-state index in [1.165, 1.54) is 41.1 Å². The van der Waals surface area contributed by atoms with Crippen LogP contribution in [-0.4, -0.2) is 41.7 Å². The van der Waals surface area contributed by atoms with Crippen molar-refractivity contribution < 1.29 is 31.9 Å². The fourth-order valence-electron chi connectivity index (χ4n) is 4.56. The topological polar surface area (TPSA) is 58.6 Å². The van der Waals surface area contributed by atoms with Crippen LogP contribution < -0.4 is 9.46 Å². The molecule has 2 aliphatic carbocycles. The zero-order valence-corrected chi connectivity index (χ0v) is 25.0. The summed E-state index contributed by atoms with van der Waals surface area (Å²) in [6.45, 7) is 8.95. The van der Waals surface area contributed by atoms with Crippen molar-refractivity contribution in [2.24, 2.45) is 5.92 Å². The third kappa shape index (κ3) is 8.87. The van der Waals surface area contributed by atoms with E-state index >= 15 is 0 Å². The number of rotatable bonds is 8. The number of nitrogens with zero attached hydrogens (tertiary/aromatic N) is 1. The van der Waals surface area contributed by atoms with Crippen LogP contribution in [0, 0.1) is 11.7 Å². The summed E-state index contributed by atoms with van der Waals surface area (Å²) in [5, 5.41) is 0.415. The first-order valence-electron chi connectivity index (χ1n) is 14.6. The molecule has 10 heteroatoms. The third-order valence-electron chi connectivity index (χ3n) is 7.04. The Labute approximate surface area is 244 Å². The highest BCUT2D eigenvalue weighted by Gasteiger charge is 2.37. The summed E-state index contributed by atoms with van der Waals surface area (Å²) in [5.74, 6) is -0.937. The first kappa shape index (κ1) is 32.8. The maximum absolute atomic E-state index is 14.8. The van der Waals surface area contributed by atoms with Gasteiger partial charge in [-0.1, -0.05) is 39.8 Å². The SMILES string of the molecule is CC.CC.O=C(NSC1CC1)c1cc(C2CC2)c(OCC2CCN(C(=O)c3ccccc3C(F)(F)F)CC2)cc1F. The van der Waals surface area contributed by atoms with E-state index < -0.39 is 29.4 Å².